The lowest BCUT2D eigenvalue weighted by atomic mass is 10.1. The third kappa shape index (κ3) is 4.93. The minimum atomic E-state index is 0.424. The van der Waals surface area contributed by atoms with E-state index in [1.54, 1.807) is 14.2 Å². The normalized spacial score (nSPS) is 11.0. The van der Waals surface area contributed by atoms with E-state index in [4.69, 9.17) is 21.7 Å². The van der Waals surface area contributed by atoms with Crippen molar-refractivity contribution in [2.75, 3.05) is 19.5 Å². The van der Waals surface area contributed by atoms with Crippen LogP contribution < -0.4 is 20.2 Å². The number of benzene rings is 2. The minimum absolute atomic E-state index is 0.424. The Labute approximate surface area is 154 Å². The van der Waals surface area contributed by atoms with E-state index in [1.807, 2.05) is 44.2 Å². The number of hydrazone groups is 1. The van der Waals surface area contributed by atoms with Gasteiger partial charge in [0.2, 0.25) is 0 Å². The molecule has 0 aliphatic rings. The first-order valence-corrected chi connectivity index (χ1v) is 8.26. The molecule has 0 aromatic heterocycles. The molecule has 2 rings (SSSR count). The second-order valence-electron chi connectivity index (χ2n) is 5.65. The lowest BCUT2D eigenvalue weighted by Gasteiger charge is -2.12. The first-order chi connectivity index (χ1) is 11.9. The van der Waals surface area contributed by atoms with Crippen LogP contribution in [-0.4, -0.2) is 25.0 Å². The Balaban J connectivity index is 2.11. The molecule has 0 saturated carbocycles. The van der Waals surface area contributed by atoms with Crippen molar-refractivity contribution in [1.29, 1.82) is 0 Å². The van der Waals surface area contributed by atoms with Crippen LogP contribution in [0.25, 0.3) is 0 Å². The molecule has 0 aliphatic carbocycles. The summed E-state index contributed by atoms with van der Waals surface area (Å²) in [6.45, 7) is 5.97. The molecule has 0 unspecified atom stereocenters. The van der Waals surface area contributed by atoms with Crippen molar-refractivity contribution in [3.8, 4) is 11.5 Å². The first-order valence-electron chi connectivity index (χ1n) is 7.85. The van der Waals surface area contributed by atoms with Crippen molar-refractivity contribution in [2.45, 2.75) is 20.8 Å². The van der Waals surface area contributed by atoms with Crippen LogP contribution in [0.3, 0.4) is 0 Å². The van der Waals surface area contributed by atoms with Gasteiger partial charge < -0.3 is 14.8 Å². The van der Waals surface area contributed by atoms with Gasteiger partial charge in [0, 0.05) is 11.3 Å². The van der Waals surface area contributed by atoms with Crippen LogP contribution in [0.5, 0.6) is 11.5 Å². The van der Waals surface area contributed by atoms with Crippen LogP contribution in [0, 0.1) is 13.8 Å². The average molecular weight is 357 g/mol. The molecule has 0 saturated heterocycles. The van der Waals surface area contributed by atoms with Gasteiger partial charge in [-0.3, -0.25) is 5.43 Å². The van der Waals surface area contributed by atoms with Crippen LogP contribution in [0.1, 0.15) is 23.6 Å². The number of nitrogens with one attached hydrogen (secondary N) is 2. The highest BCUT2D eigenvalue weighted by atomic mass is 32.1. The summed E-state index contributed by atoms with van der Waals surface area (Å²) < 4.78 is 10.6. The van der Waals surface area contributed by atoms with E-state index in [1.165, 1.54) is 5.56 Å². The molecule has 0 radical (unpaired) electrons. The fraction of sp³-hybridized carbons (Fsp3) is 0.263. The molecule has 0 amide bonds. The molecule has 0 spiro atoms. The molecule has 2 aromatic rings. The molecule has 0 atom stereocenters. The highest BCUT2D eigenvalue weighted by Gasteiger charge is 2.09. The summed E-state index contributed by atoms with van der Waals surface area (Å²) in [5, 5.41) is 7.93. The molecule has 5 nitrogen and oxygen atoms in total. The van der Waals surface area contributed by atoms with Crippen LogP contribution in [0.4, 0.5) is 5.69 Å². The second-order valence-corrected chi connectivity index (χ2v) is 6.06. The van der Waals surface area contributed by atoms with Crippen LogP contribution in [0.15, 0.2) is 41.5 Å². The maximum Gasteiger partial charge on any atom is 0.191 e. The molecule has 0 aliphatic heterocycles. The molecule has 0 fully saturated rings. The van der Waals surface area contributed by atoms with Gasteiger partial charge in [-0.1, -0.05) is 17.7 Å². The van der Waals surface area contributed by atoms with Crippen molar-refractivity contribution in [2.24, 2.45) is 5.10 Å². The lowest BCUT2D eigenvalue weighted by molar-refractivity contribution is 0.402. The molecule has 2 aromatic carbocycles. The van der Waals surface area contributed by atoms with Gasteiger partial charge in [0.1, 0.15) is 11.5 Å². The second kappa shape index (κ2) is 8.48. The molecule has 0 bridgehead atoms. The Morgan fingerprint density at radius 1 is 1.04 bits per heavy atom. The number of hydrogen-bond acceptors (Lipinski definition) is 4. The predicted octanol–water partition coefficient (Wildman–Crippen LogP) is 4.03. The average Bonchev–Trinajstić information content (AvgIpc) is 2.61. The highest BCUT2D eigenvalue weighted by Crippen LogP contribution is 2.24. The zero-order valence-corrected chi connectivity index (χ0v) is 16.0. The van der Waals surface area contributed by atoms with E-state index in [0.29, 0.717) is 5.11 Å². The van der Waals surface area contributed by atoms with Gasteiger partial charge in [0.25, 0.3) is 0 Å². The third-order valence-corrected chi connectivity index (χ3v) is 3.95. The van der Waals surface area contributed by atoms with Crippen molar-refractivity contribution < 1.29 is 9.47 Å². The van der Waals surface area contributed by atoms with Crippen LogP contribution >= 0.6 is 12.2 Å². The largest absolute Gasteiger partial charge is 0.497 e. The number of nitrogens with zero attached hydrogens (tertiary/aromatic N) is 1. The number of aryl methyl sites for hydroxylation is 2. The first kappa shape index (κ1) is 18.7. The van der Waals surface area contributed by atoms with Gasteiger partial charge in [0.05, 0.1) is 19.9 Å². The van der Waals surface area contributed by atoms with Crippen molar-refractivity contribution in [1.82, 2.24) is 5.43 Å². The van der Waals surface area contributed by atoms with Gasteiger partial charge in [0.15, 0.2) is 5.11 Å². The van der Waals surface area contributed by atoms with Crippen molar-refractivity contribution in [3.63, 3.8) is 0 Å². The van der Waals surface area contributed by atoms with Crippen LogP contribution in [-0.2, 0) is 0 Å². The smallest absolute Gasteiger partial charge is 0.191 e. The molecule has 0 heterocycles. The number of ether oxygens (including phenoxy) is 2. The van der Waals surface area contributed by atoms with Crippen LogP contribution in [0.2, 0.25) is 0 Å². The number of thiocarbonyl (C=S) groups is 1. The minimum Gasteiger partial charge on any atom is -0.497 e. The predicted molar refractivity (Wildman–Crippen MR) is 107 cm³/mol. The lowest BCUT2D eigenvalue weighted by Crippen LogP contribution is -2.25. The topological polar surface area (TPSA) is 54.9 Å². The van der Waals surface area contributed by atoms with Gasteiger partial charge in [-0.05, 0) is 62.8 Å². The maximum atomic E-state index is 5.38. The van der Waals surface area contributed by atoms with E-state index in [0.717, 1.165) is 34.0 Å². The Kier molecular flexibility index (Phi) is 6.36. The Bertz CT molecular complexity index is 803. The standard InChI is InChI=1S/C19H23N3O2S/c1-12-6-8-17(13(2)10-12)20-19(25)22-21-14(3)16-11-15(23-4)7-9-18(16)24-5/h6-11H,1-5H3,(H2,20,22,25). The summed E-state index contributed by atoms with van der Waals surface area (Å²) in [4.78, 5) is 0. The van der Waals surface area contributed by atoms with Gasteiger partial charge in [-0.2, -0.15) is 5.10 Å². The molecular formula is C19H23N3O2S. The molecular weight excluding hydrogens is 334 g/mol. The number of methoxy groups -OCH3 is 2. The summed E-state index contributed by atoms with van der Waals surface area (Å²) in [6, 6.07) is 11.7. The fourth-order valence-electron chi connectivity index (χ4n) is 2.40. The third-order valence-electron chi connectivity index (χ3n) is 3.75. The number of anilines is 1. The quantitative estimate of drug-likeness (QED) is 0.481. The number of hydrogen-bond donors (Lipinski definition) is 2. The van der Waals surface area contributed by atoms with E-state index in [9.17, 15) is 0 Å². The fourth-order valence-corrected chi connectivity index (χ4v) is 2.55. The van der Waals surface area contributed by atoms with Gasteiger partial charge >= 0.3 is 0 Å². The highest BCUT2D eigenvalue weighted by molar-refractivity contribution is 7.80. The zero-order chi connectivity index (χ0) is 18.4. The number of rotatable bonds is 5. The summed E-state index contributed by atoms with van der Waals surface area (Å²) in [5.41, 5.74) is 7.73. The summed E-state index contributed by atoms with van der Waals surface area (Å²) >= 11 is 5.32. The molecule has 6 heteroatoms. The Morgan fingerprint density at radius 2 is 1.80 bits per heavy atom. The van der Waals surface area contributed by atoms with E-state index in [2.05, 4.69) is 28.8 Å². The van der Waals surface area contributed by atoms with Gasteiger partial charge in [-0.25, -0.2) is 0 Å². The van der Waals surface area contributed by atoms with Gasteiger partial charge in [-0.15, -0.1) is 0 Å². The SMILES string of the molecule is COc1ccc(OC)c(C(C)=NNC(=S)Nc2ccc(C)cc2C)c1. The summed E-state index contributed by atoms with van der Waals surface area (Å²) in [5.74, 6) is 1.46. The van der Waals surface area contributed by atoms with Crippen molar-refractivity contribution >= 4 is 28.7 Å². The van der Waals surface area contributed by atoms with E-state index >= 15 is 0 Å². The maximum absolute atomic E-state index is 5.38. The molecule has 25 heavy (non-hydrogen) atoms. The molecule has 2 N–H and O–H groups in total. The van der Waals surface area contributed by atoms with E-state index < -0.39 is 0 Å². The van der Waals surface area contributed by atoms with E-state index in [-0.39, 0.29) is 0 Å². The Hall–Kier alpha value is -2.60. The zero-order valence-electron chi connectivity index (χ0n) is 15.1. The van der Waals surface area contributed by atoms with Crippen molar-refractivity contribution in [3.05, 3.63) is 53.1 Å². The molecule has 132 valence electrons. The monoisotopic (exact) mass is 357 g/mol. The summed E-state index contributed by atoms with van der Waals surface area (Å²) in [7, 11) is 3.25. The Morgan fingerprint density at radius 3 is 2.44 bits per heavy atom. The summed E-state index contributed by atoms with van der Waals surface area (Å²) in [6.07, 6.45) is 0.